The van der Waals surface area contributed by atoms with Gasteiger partial charge in [0.2, 0.25) is 5.91 Å². The maximum absolute atomic E-state index is 12.8. The number of ether oxygens (including phenoxy) is 2. The lowest BCUT2D eigenvalue weighted by Crippen LogP contribution is -2.60. The summed E-state index contributed by atoms with van der Waals surface area (Å²) in [5.41, 5.74) is 0. The molecule has 9 heteroatoms. The predicted molar refractivity (Wildman–Crippen MR) is 194 cm³/mol. The number of hydrogen-bond donors (Lipinski definition) is 6. The number of amides is 1. The number of carbonyl (C=O) groups is 1. The number of aliphatic hydroxyl groups excluding tert-OH is 5. The molecule has 1 aliphatic rings. The van der Waals surface area contributed by atoms with Crippen LogP contribution in [-0.2, 0) is 14.3 Å². The van der Waals surface area contributed by atoms with Gasteiger partial charge in [-0.1, -0.05) is 161 Å². The standard InChI is InChI=1S/C39H75NO8/c1-3-5-7-9-11-13-15-17-18-20-22-24-26-28-33(42)32(31-47-39-38(46)37(45)36(44)34(30-41)48-39)40-35(43)29-27-25-23-21-19-16-14-12-10-8-6-4-2/h26,28,32-34,36-39,41-42,44-46H,3-25,27,29-31H2,1-2H3,(H,40,43). The third kappa shape index (κ3) is 21.9. The molecule has 9 nitrogen and oxygen atoms in total. The normalized spacial score (nSPS) is 22.7. The van der Waals surface area contributed by atoms with Crippen molar-refractivity contribution in [1.82, 2.24) is 5.32 Å². The van der Waals surface area contributed by atoms with Crippen molar-refractivity contribution in [2.75, 3.05) is 13.2 Å². The van der Waals surface area contributed by atoms with Crippen molar-refractivity contribution in [3.05, 3.63) is 12.2 Å². The van der Waals surface area contributed by atoms with Crippen molar-refractivity contribution in [2.24, 2.45) is 0 Å². The SMILES string of the molecule is CCCCCCCCCCCCCC=CC(O)C(COC1OC(CO)C(O)C(O)C1O)NC(=O)CCCCCCCCCCCCCC. The van der Waals surface area contributed by atoms with Crippen LogP contribution in [0.15, 0.2) is 12.2 Å². The van der Waals surface area contributed by atoms with E-state index in [1.54, 1.807) is 6.08 Å². The highest BCUT2D eigenvalue weighted by Gasteiger charge is 2.44. The van der Waals surface area contributed by atoms with Crippen LogP contribution in [0.1, 0.15) is 174 Å². The van der Waals surface area contributed by atoms with Crippen LogP contribution < -0.4 is 5.32 Å². The molecule has 48 heavy (non-hydrogen) atoms. The average molecular weight is 686 g/mol. The van der Waals surface area contributed by atoms with E-state index in [2.05, 4.69) is 19.2 Å². The van der Waals surface area contributed by atoms with Gasteiger partial charge in [-0.3, -0.25) is 4.79 Å². The van der Waals surface area contributed by atoms with E-state index in [1.807, 2.05) is 6.08 Å². The number of aliphatic hydroxyl groups is 5. The molecule has 1 fully saturated rings. The fourth-order valence-electron chi connectivity index (χ4n) is 6.33. The first-order valence-electron chi connectivity index (χ1n) is 19.9. The molecule has 284 valence electrons. The summed E-state index contributed by atoms with van der Waals surface area (Å²) < 4.78 is 11.2. The molecule has 1 aliphatic heterocycles. The quantitative estimate of drug-likeness (QED) is 0.0328. The van der Waals surface area contributed by atoms with E-state index in [1.165, 1.54) is 116 Å². The molecule has 0 bridgehead atoms. The highest BCUT2D eigenvalue weighted by Crippen LogP contribution is 2.22. The smallest absolute Gasteiger partial charge is 0.220 e. The van der Waals surface area contributed by atoms with Crippen molar-refractivity contribution >= 4 is 5.91 Å². The molecular weight excluding hydrogens is 610 g/mol. The number of unbranched alkanes of at least 4 members (excludes halogenated alkanes) is 22. The number of rotatable bonds is 32. The summed E-state index contributed by atoms with van der Waals surface area (Å²) in [6.45, 7) is 3.74. The predicted octanol–water partition coefficient (Wildman–Crippen LogP) is 7.00. The number of allylic oxidation sites excluding steroid dienone is 1. The fraction of sp³-hybridized carbons (Fsp3) is 0.923. The van der Waals surface area contributed by atoms with Crippen LogP contribution >= 0.6 is 0 Å². The summed E-state index contributed by atoms with van der Waals surface area (Å²) in [6.07, 6.45) is 25.3. The maximum Gasteiger partial charge on any atom is 0.220 e. The topological polar surface area (TPSA) is 149 Å². The summed E-state index contributed by atoms with van der Waals surface area (Å²) in [4.78, 5) is 12.8. The largest absolute Gasteiger partial charge is 0.394 e. The van der Waals surface area contributed by atoms with Gasteiger partial charge in [0, 0.05) is 6.42 Å². The third-order valence-electron chi connectivity index (χ3n) is 9.61. The molecular formula is C39H75NO8. The Hall–Kier alpha value is -1.07. The van der Waals surface area contributed by atoms with Gasteiger partial charge in [-0.05, 0) is 19.3 Å². The first kappa shape index (κ1) is 45.0. The van der Waals surface area contributed by atoms with Crippen LogP contribution in [0.2, 0.25) is 0 Å². The van der Waals surface area contributed by atoms with Gasteiger partial charge in [-0.15, -0.1) is 0 Å². The van der Waals surface area contributed by atoms with E-state index in [0.29, 0.717) is 6.42 Å². The summed E-state index contributed by atoms with van der Waals surface area (Å²) in [6, 6.07) is -0.796. The van der Waals surface area contributed by atoms with Crippen LogP contribution in [0.5, 0.6) is 0 Å². The maximum atomic E-state index is 12.8. The Bertz CT molecular complexity index is 766. The van der Waals surface area contributed by atoms with Crippen molar-refractivity contribution in [3.63, 3.8) is 0 Å². The van der Waals surface area contributed by atoms with Gasteiger partial charge in [0.05, 0.1) is 25.4 Å². The van der Waals surface area contributed by atoms with E-state index in [0.717, 1.165) is 38.5 Å². The van der Waals surface area contributed by atoms with E-state index in [-0.39, 0.29) is 12.5 Å². The van der Waals surface area contributed by atoms with Crippen LogP contribution in [0.4, 0.5) is 0 Å². The van der Waals surface area contributed by atoms with Crippen molar-refractivity contribution < 1.29 is 39.8 Å². The molecule has 0 aromatic heterocycles. The Kier molecular flexibility index (Phi) is 28.8. The first-order chi connectivity index (χ1) is 23.3. The van der Waals surface area contributed by atoms with E-state index < -0.39 is 49.5 Å². The fourth-order valence-corrected chi connectivity index (χ4v) is 6.33. The van der Waals surface area contributed by atoms with E-state index in [9.17, 15) is 30.3 Å². The molecule has 0 aliphatic carbocycles. The summed E-state index contributed by atoms with van der Waals surface area (Å²) in [5.74, 6) is -0.178. The zero-order valence-corrected chi connectivity index (χ0v) is 30.7. The molecule has 0 aromatic carbocycles. The van der Waals surface area contributed by atoms with Crippen molar-refractivity contribution in [1.29, 1.82) is 0 Å². The molecule has 7 unspecified atom stereocenters. The first-order valence-corrected chi connectivity index (χ1v) is 19.9. The van der Waals surface area contributed by atoms with Gasteiger partial charge >= 0.3 is 0 Å². The van der Waals surface area contributed by atoms with Gasteiger partial charge in [-0.25, -0.2) is 0 Å². The molecule has 1 amide bonds. The van der Waals surface area contributed by atoms with Gasteiger partial charge in [0.25, 0.3) is 0 Å². The minimum absolute atomic E-state index is 0.178. The van der Waals surface area contributed by atoms with Crippen LogP contribution in [0.25, 0.3) is 0 Å². The molecule has 0 radical (unpaired) electrons. The van der Waals surface area contributed by atoms with Crippen LogP contribution in [-0.4, -0.2) is 87.5 Å². The molecule has 0 saturated carbocycles. The second-order valence-electron chi connectivity index (χ2n) is 14.1. The third-order valence-corrected chi connectivity index (χ3v) is 9.61. The summed E-state index contributed by atoms with van der Waals surface area (Å²) >= 11 is 0. The molecule has 1 heterocycles. The Morgan fingerprint density at radius 1 is 0.688 bits per heavy atom. The molecule has 7 atom stereocenters. The molecule has 0 spiro atoms. The molecule has 1 rings (SSSR count). The number of hydrogen-bond acceptors (Lipinski definition) is 8. The second-order valence-corrected chi connectivity index (χ2v) is 14.1. The second kappa shape index (κ2) is 30.7. The highest BCUT2D eigenvalue weighted by molar-refractivity contribution is 5.76. The lowest BCUT2D eigenvalue weighted by Gasteiger charge is -2.40. The summed E-state index contributed by atoms with van der Waals surface area (Å²) in [7, 11) is 0. The minimum atomic E-state index is -1.56. The monoisotopic (exact) mass is 686 g/mol. The van der Waals surface area contributed by atoms with Gasteiger partial charge < -0.3 is 40.3 Å². The summed E-state index contributed by atoms with van der Waals surface area (Å²) in [5, 5.41) is 53.9. The zero-order valence-electron chi connectivity index (χ0n) is 30.7. The van der Waals surface area contributed by atoms with Gasteiger partial charge in [-0.2, -0.15) is 0 Å². The van der Waals surface area contributed by atoms with Crippen LogP contribution in [0, 0.1) is 0 Å². The Balaban J connectivity index is 2.45. The molecule has 1 saturated heterocycles. The van der Waals surface area contributed by atoms with E-state index >= 15 is 0 Å². The average Bonchev–Trinajstić information content (AvgIpc) is 3.08. The van der Waals surface area contributed by atoms with Crippen LogP contribution in [0.3, 0.4) is 0 Å². The molecule has 0 aromatic rings. The number of carbonyl (C=O) groups excluding carboxylic acids is 1. The zero-order chi connectivity index (χ0) is 35.2. The highest BCUT2D eigenvalue weighted by atomic mass is 16.7. The Labute approximate surface area is 293 Å². The number of nitrogens with one attached hydrogen (secondary N) is 1. The lowest BCUT2D eigenvalue weighted by atomic mass is 9.99. The van der Waals surface area contributed by atoms with E-state index in [4.69, 9.17) is 9.47 Å². The Morgan fingerprint density at radius 2 is 1.15 bits per heavy atom. The van der Waals surface area contributed by atoms with Crippen molar-refractivity contribution in [3.8, 4) is 0 Å². The minimum Gasteiger partial charge on any atom is -0.394 e. The van der Waals surface area contributed by atoms with Crippen molar-refractivity contribution in [2.45, 2.75) is 217 Å². The Morgan fingerprint density at radius 3 is 1.62 bits per heavy atom. The van der Waals surface area contributed by atoms with Gasteiger partial charge in [0.15, 0.2) is 6.29 Å². The van der Waals surface area contributed by atoms with Gasteiger partial charge in [0.1, 0.15) is 24.4 Å². The molecule has 6 N–H and O–H groups in total. The lowest BCUT2D eigenvalue weighted by molar-refractivity contribution is -0.302.